The lowest BCUT2D eigenvalue weighted by Gasteiger charge is -2.32. The molecule has 0 aromatic heterocycles. The van der Waals surface area contributed by atoms with Gasteiger partial charge in [-0.15, -0.1) is 0 Å². The van der Waals surface area contributed by atoms with E-state index in [-0.39, 0.29) is 31.8 Å². The molecule has 1 aliphatic rings. The number of nitrogens with zero attached hydrogens (tertiary/aromatic N) is 1. The smallest absolute Gasteiger partial charge is 0.343 e. The van der Waals surface area contributed by atoms with Gasteiger partial charge in [-0.25, -0.2) is 0 Å². The molecule has 2 nitrogen and oxygen atoms in total. The molecule has 1 amide bonds. The monoisotopic (exact) mass is 241 g/mol. The molecule has 0 aromatic rings. The van der Waals surface area contributed by atoms with Gasteiger partial charge >= 0.3 is 6.18 Å². The van der Waals surface area contributed by atoms with E-state index in [0.717, 1.165) is 0 Å². The van der Waals surface area contributed by atoms with Crippen molar-refractivity contribution in [1.29, 1.82) is 0 Å². The van der Waals surface area contributed by atoms with Gasteiger partial charge in [-0.3, -0.25) is 4.79 Å². The zero-order valence-corrected chi connectivity index (χ0v) is 9.15. The van der Waals surface area contributed by atoms with Gasteiger partial charge in [0.05, 0.1) is 5.92 Å². The largest absolute Gasteiger partial charge is 0.391 e. The number of amides is 1. The van der Waals surface area contributed by atoms with Crippen LogP contribution < -0.4 is 0 Å². The Balaban J connectivity index is 2.39. The molecular weight excluding hydrogens is 227 g/mol. The molecule has 1 aliphatic heterocycles. The molecule has 1 heterocycles. The number of carbonyl (C=O) groups excluding carboxylic acids is 1. The van der Waals surface area contributed by atoms with Crippen LogP contribution in [0.25, 0.3) is 0 Å². The van der Waals surface area contributed by atoms with Crippen LogP contribution >= 0.6 is 12.6 Å². The number of piperidine rings is 1. The van der Waals surface area contributed by atoms with Crippen LogP contribution in [0.1, 0.15) is 19.3 Å². The highest BCUT2D eigenvalue weighted by atomic mass is 32.1. The zero-order valence-electron chi connectivity index (χ0n) is 8.26. The van der Waals surface area contributed by atoms with Crippen LogP contribution in [-0.4, -0.2) is 35.8 Å². The normalized spacial score (nSPS) is 19.3. The van der Waals surface area contributed by atoms with E-state index in [9.17, 15) is 18.0 Å². The van der Waals surface area contributed by atoms with Crippen LogP contribution in [0.3, 0.4) is 0 Å². The number of likely N-dealkylation sites (tertiary alicyclic amines) is 1. The minimum Gasteiger partial charge on any atom is -0.343 e. The predicted molar refractivity (Wildman–Crippen MR) is 53.8 cm³/mol. The summed E-state index contributed by atoms with van der Waals surface area (Å²) in [6.07, 6.45) is -3.75. The van der Waals surface area contributed by atoms with Gasteiger partial charge in [0, 0.05) is 19.5 Å². The Morgan fingerprint density at radius 3 is 2.27 bits per heavy atom. The van der Waals surface area contributed by atoms with Gasteiger partial charge in [0.1, 0.15) is 0 Å². The Hall–Kier alpha value is -0.390. The van der Waals surface area contributed by atoms with Gasteiger partial charge in [0.15, 0.2) is 0 Å². The van der Waals surface area contributed by atoms with E-state index >= 15 is 0 Å². The summed E-state index contributed by atoms with van der Waals surface area (Å²) in [5.41, 5.74) is 0. The molecule has 1 saturated heterocycles. The first-order chi connectivity index (χ1) is 6.95. The second-order valence-electron chi connectivity index (χ2n) is 3.67. The molecule has 0 aliphatic carbocycles. The summed E-state index contributed by atoms with van der Waals surface area (Å²) in [7, 11) is 0. The molecule has 0 bridgehead atoms. The average molecular weight is 241 g/mol. The van der Waals surface area contributed by atoms with E-state index in [1.165, 1.54) is 4.90 Å². The number of carbonyl (C=O) groups is 1. The lowest BCUT2D eigenvalue weighted by atomic mass is 9.96. The standard InChI is InChI=1S/C9H14F3NOS/c10-9(11,12)7-1-4-13(5-2-7)8(14)3-6-15/h7,15H,1-6H2. The molecule has 0 spiro atoms. The summed E-state index contributed by atoms with van der Waals surface area (Å²) >= 11 is 3.92. The number of thiol groups is 1. The quantitative estimate of drug-likeness (QED) is 0.734. The Labute approximate surface area is 92.2 Å². The van der Waals surface area contributed by atoms with E-state index in [1.807, 2.05) is 0 Å². The molecule has 0 atom stereocenters. The van der Waals surface area contributed by atoms with Gasteiger partial charge < -0.3 is 4.90 Å². The third kappa shape index (κ3) is 3.59. The summed E-state index contributed by atoms with van der Waals surface area (Å²) in [4.78, 5) is 12.8. The van der Waals surface area contributed by atoms with Crippen molar-refractivity contribution >= 4 is 18.5 Å². The fraction of sp³-hybridized carbons (Fsp3) is 0.889. The van der Waals surface area contributed by atoms with Crippen LogP contribution in [0.5, 0.6) is 0 Å². The van der Waals surface area contributed by atoms with Crippen LogP contribution in [0, 0.1) is 5.92 Å². The van der Waals surface area contributed by atoms with E-state index in [0.29, 0.717) is 12.2 Å². The topological polar surface area (TPSA) is 20.3 Å². The third-order valence-corrected chi connectivity index (χ3v) is 2.86. The Kier molecular flexibility index (Phi) is 4.31. The molecule has 15 heavy (non-hydrogen) atoms. The van der Waals surface area contributed by atoms with Gasteiger partial charge in [0.25, 0.3) is 0 Å². The van der Waals surface area contributed by atoms with Crippen molar-refractivity contribution in [3.63, 3.8) is 0 Å². The molecule has 6 heteroatoms. The van der Waals surface area contributed by atoms with Crippen molar-refractivity contribution in [2.45, 2.75) is 25.4 Å². The van der Waals surface area contributed by atoms with Crippen LogP contribution in [-0.2, 0) is 4.79 Å². The van der Waals surface area contributed by atoms with Crippen LogP contribution in [0.15, 0.2) is 0 Å². The van der Waals surface area contributed by atoms with E-state index < -0.39 is 12.1 Å². The highest BCUT2D eigenvalue weighted by Crippen LogP contribution is 2.34. The predicted octanol–water partition coefficient (Wildman–Crippen LogP) is 2.11. The van der Waals surface area contributed by atoms with Crippen molar-refractivity contribution in [2.75, 3.05) is 18.8 Å². The molecule has 0 radical (unpaired) electrons. The molecule has 1 rings (SSSR count). The average Bonchev–Trinajstić information content (AvgIpc) is 2.17. The zero-order chi connectivity index (χ0) is 11.5. The SMILES string of the molecule is O=C(CCS)N1CCC(C(F)(F)F)CC1. The molecule has 1 fully saturated rings. The maximum Gasteiger partial charge on any atom is 0.391 e. The molecule has 0 unspecified atom stereocenters. The highest BCUT2D eigenvalue weighted by molar-refractivity contribution is 7.80. The molecule has 0 saturated carbocycles. The number of rotatable bonds is 2. The van der Waals surface area contributed by atoms with E-state index in [1.54, 1.807) is 0 Å². The van der Waals surface area contributed by atoms with Gasteiger partial charge in [0.2, 0.25) is 5.91 Å². The Morgan fingerprint density at radius 1 is 1.33 bits per heavy atom. The van der Waals surface area contributed by atoms with Crippen LogP contribution in [0.2, 0.25) is 0 Å². The minimum atomic E-state index is -4.11. The van der Waals surface area contributed by atoms with Crippen molar-refractivity contribution < 1.29 is 18.0 Å². The van der Waals surface area contributed by atoms with Gasteiger partial charge in [-0.05, 0) is 18.6 Å². The van der Waals surface area contributed by atoms with E-state index in [2.05, 4.69) is 12.6 Å². The lowest BCUT2D eigenvalue weighted by molar-refractivity contribution is -0.186. The first kappa shape index (κ1) is 12.7. The Bertz CT molecular complexity index is 224. The van der Waals surface area contributed by atoms with Crippen molar-refractivity contribution in [2.24, 2.45) is 5.92 Å². The number of hydrogen-bond donors (Lipinski definition) is 1. The number of alkyl halides is 3. The fourth-order valence-corrected chi connectivity index (χ4v) is 1.90. The second kappa shape index (κ2) is 5.09. The van der Waals surface area contributed by atoms with Crippen molar-refractivity contribution in [3.8, 4) is 0 Å². The number of hydrogen-bond acceptors (Lipinski definition) is 2. The van der Waals surface area contributed by atoms with E-state index in [4.69, 9.17) is 0 Å². The summed E-state index contributed by atoms with van der Waals surface area (Å²) in [6.45, 7) is 0.438. The molecular formula is C9H14F3NOS. The third-order valence-electron chi connectivity index (χ3n) is 2.64. The summed E-state index contributed by atoms with van der Waals surface area (Å²) in [5, 5.41) is 0. The van der Waals surface area contributed by atoms with Gasteiger partial charge in [-0.2, -0.15) is 25.8 Å². The van der Waals surface area contributed by atoms with Crippen molar-refractivity contribution in [3.05, 3.63) is 0 Å². The maximum atomic E-state index is 12.3. The van der Waals surface area contributed by atoms with Crippen LogP contribution in [0.4, 0.5) is 13.2 Å². The summed E-state index contributed by atoms with van der Waals surface area (Å²) in [6, 6.07) is 0. The first-order valence-electron chi connectivity index (χ1n) is 4.90. The summed E-state index contributed by atoms with van der Waals surface area (Å²) in [5.74, 6) is -0.888. The maximum absolute atomic E-state index is 12.3. The fourth-order valence-electron chi connectivity index (χ4n) is 1.71. The minimum absolute atomic E-state index is 0.0296. The summed E-state index contributed by atoms with van der Waals surface area (Å²) < 4.78 is 36.9. The van der Waals surface area contributed by atoms with Crippen molar-refractivity contribution in [1.82, 2.24) is 4.90 Å². The Morgan fingerprint density at radius 2 is 1.87 bits per heavy atom. The highest BCUT2D eigenvalue weighted by Gasteiger charge is 2.41. The number of halogens is 3. The second-order valence-corrected chi connectivity index (χ2v) is 4.12. The molecule has 88 valence electrons. The lowest BCUT2D eigenvalue weighted by Crippen LogP contribution is -2.42. The molecule has 0 N–H and O–H groups in total. The molecule has 0 aromatic carbocycles. The van der Waals surface area contributed by atoms with Gasteiger partial charge in [-0.1, -0.05) is 0 Å². The first-order valence-corrected chi connectivity index (χ1v) is 5.53.